The predicted octanol–water partition coefficient (Wildman–Crippen LogP) is 8.61. The summed E-state index contributed by atoms with van der Waals surface area (Å²) in [6.45, 7) is 9.25. The van der Waals surface area contributed by atoms with E-state index in [1.165, 1.54) is 77.0 Å². The van der Waals surface area contributed by atoms with Gasteiger partial charge in [0, 0.05) is 0 Å². The van der Waals surface area contributed by atoms with Crippen molar-refractivity contribution in [3.8, 4) is 0 Å². The summed E-state index contributed by atoms with van der Waals surface area (Å²) in [5.74, 6) is 1.56. The molecule has 138 valence electrons. The first kappa shape index (κ1) is 21.3. The van der Waals surface area contributed by atoms with Crippen LogP contribution < -0.4 is 0 Å². The summed E-state index contributed by atoms with van der Waals surface area (Å²) in [5, 5.41) is 0. The van der Waals surface area contributed by atoms with Crippen LogP contribution in [-0.4, -0.2) is 0 Å². The van der Waals surface area contributed by atoms with Crippen LogP contribution in [0, 0.1) is 0 Å². The molecule has 0 atom stereocenters. The van der Waals surface area contributed by atoms with Gasteiger partial charge in [-0.3, -0.25) is 0 Å². The summed E-state index contributed by atoms with van der Waals surface area (Å²) in [5.41, 5.74) is 3.18. The average molecular weight is 331 g/mol. The van der Waals surface area contributed by atoms with Crippen LogP contribution in [-0.2, 0) is 0 Å². The van der Waals surface area contributed by atoms with Crippen LogP contribution in [0.15, 0.2) is 24.3 Å². The van der Waals surface area contributed by atoms with Gasteiger partial charge in [-0.15, -0.1) is 0 Å². The van der Waals surface area contributed by atoms with Gasteiger partial charge >= 0.3 is 0 Å². The average Bonchev–Trinajstić information content (AvgIpc) is 2.62. The number of hydrogen-bond donors (Lipinski definition) is 0. The molecule has 0 aliphatic rings. The fourth-order valence-corrected chi connectivity index (χ4v) is 3.80. The zero-order valence-electron chi connectivity index (χ0n) is 16.9. The van der Waals surface area contributed by atoms with Gasteiger partial charge in [0.25, 0.3) is 0 Å². The molecule has 0 bridgehead atoms. The smallest absolute Gasteiger partial charge is 0.0162 e. The van der Waals surface area contributed by atoms with Gasteiger partial charge < -0.3 is 0 Å². The Morgan fingerprint density at radius 2 is 0.750 bits per heavy atom. The molecule has 0 aliphatic heterocycles. The van der Waals surface area contributed by atoms with E-state index < -0.39 is 0 Å². The number of rotatable bonds is 14. The van der Waals surface area contributed by atoms with Gasteiger partial charge in [0.1, 0.15) is 0 Å². The molecular weight excluding hydrogens is 288 g/mol. The van der Waals surface area contributed by atoms with Crippen molar-refractivity contribution in [1.82, 2.24) is 0 Å². The molecule has 1 aromatic rings. The molecule has 0 aliphatic carbocycles. The highest BCUT2D eigenvalue weighted by atomic mass is 14.2. The van der Waals surface area contributed by atoms with Crippen LogP contribution in [0.5, 0.6) is 0 Å². The van der Waals surface area contributed by atoms with Crippen LogP contribution in [0.1, 0.15) is 128 Å². The fraction of sp³-hybridized carbons (Fsp3) is 0.750. The first-order valence-corrected chi connectivity index (χ1v) is 10.9. The molecule has 0 fully saturated rings. The Balaban J connectivity index is 2.77. The Kier molecular flexibility index (Phi) is 12.0. The Hall–Kier alpha value is -0.780. The van der Waals surface area contributed by atoms with Crippen LogP contribution in [0.3, 0.4) is 0 Å². The Morgan fingerprint density at radius 3 is 0.958 bits per heavy atom. The Bertz CT molecular complexity index is 334. The normalized spacial score (nSPS) is 11.6. The maximum absolute atomic E-state index is 2.45. The molecule has 0 unspecified atom stereocenters. The molecule has 24 heavy (non-hydrogen) atoms. The second kappa shape index (κ2) is 13.5. The second-order valence-corrected chi connectivity index (χ2v) is 7.63. The summed E-state index contributed by atoms with van der Waals surface area (Å²) >= 11 is 0. The maximum atomic E-state index is 2.45. The third-order valence-corrected chi connectivity index (χ3v) is 5.50. The lowest BCUT2D eigenvalue weighted by atomic mass is 9.85. The van der Waals surface area contributed by atoms with Gasteiger partial charge in [0.05, 0.1) is 0 Å². The first-order chi connectivity index (χ1) is 11.8. The molecule has 0 N–H and O–H groups in total. The van der Waals surface area contributed by atoms with Crippen molar-refractivity contribution in [2.45, 2.75) is 117 Å². The highest BCUT2D eigenvalue weighted by Gasteiger charge is 2.14. The van der Waals surface area contributed by atoms with E-state index in [2.05, 4.69) is 52.0 Å². The third-order valence-electron chi connectivity index (χ3n) is 5.50. The van der Waals surface area contributed by atoms with Gasteiger partial charge in [-0.2, -0.15) is 0 Å². The van der Waals surface area contributed by atoms with E-state index in [1.807, 2.05) is 0 Å². The molecule has 0 heterocycles. The van der Waals surface area contributed by atoms with Gasteiger partial charge in [0.2, 0.25) is 0 Å². The first-order valence-electron chi connectivity index (χ1n) is 10.9. The minimum Gasteiger partial charge on any atom is -0.0654 e. The van der Waals surface area contributed by atoms with Gasteiger partial charge in [-0.05, 0) is 48.6 Å². The monoisotopic (exact) mass is 330 g/mol. The van der Waals surface area contributed by atoms with Crippen molar-refractivity contribution in [1.29, 1.82) is 0 Å². The SMILES string of the molecule is CCCCC(CCCC)c1ccc(C(CCCC)CCCC)cc1. The lowest BCUT2D eigenvalue weighted by Gasteiger charge is -2.20. The van der Waals surface area contributed by atoms with Crippen LogP contribution in [0.25, 0.3) is 0 Å². The highest BCUT2D eigenvalue weighted by Crippen LogP contribution is 2.32. The van der Waals surface area contributed by atoms with Gasteiger partial charge in [-0.25, -0.2) is 0 Å². The molecule has 1 aromatic carbocycles. The lowest BCUT2D eigenvalue weighted by molar-refractivity contribution is 0.518. The molecule has 0 heteroatoms. The molecule has 0 radical (unpaired) electrons. The van der Waals surface area contributed by atoms with Gasteiger partial charge in [-0.1, -0.05) is 103 Å². The molecule has 0 spiro atoms. The summed E-state index contributed by atoms with van der Waals surface area (Å²) in [6.07, 6.45) is 16.2. The van der Waals surface area contributed by atoms with Crippen LogP contribution >= 0.6 is 0 Å². The molecule has 0 saturated carbocycles. The van der Waals surface area contributed by atoms with E-state index in [0.717, 1.165) is 11.8 Å². The summed E-state index contributed by atoms with van der Waals surface area (Å²) in [4.78, 5) is 0. The van der Waals surface area contributed by atoms with Crippen molar-refractivity contribution in [3.63, 3.8) is 0 Å². The van der Waals surface area contributed by atoms with Crippen molar-refractivity contribution in [2.75, 3.05) is 0 Å². The predicted molar refractivity (Wildman–Crippen MR) is 110 cm³/mol. The minimum absolute atomic E-state index is 0.781. The second-order valence-electron chi connectivity index (χ2n) is 7.63. The molecular formula is C24H42. The van der Waals surface area contributed by atoms with Crippen LogP contribution in [0.4, 0.5) is 0 Å². The molecule has 0 amide bonds. The van der Waals surface area contributed by atoms with Crippen molar-refractivity contribution in [2.24, 2.45) is 0 Å². The topological polar surface area (TPSA) is 0 Å². The quantitative estimate of drug-likeness (QED) is 0.320. The lowest BCUT2D eigenvalue weighted by Crippen LogP contribution is -2.02. The van der Waals surface area contributed by atoms with E-state index in [-0.39, 0.29) is 0 Å². The molecule has 0 saturated heterocycles. The van der Waals surface area contributed by atoms with E-state index >= 15 is 0 Å². The Morgan fingerprint density at radius 1 is 0.500 bits per heavy atom. The molecule has 0 aromatic heterocycles. The molecule has 0 nitrogen and oxygen atoms in total. The third kappa shape index (κ3) is 7.86. The van der Waals surface area contributed by atoms with E-state index in [4.69, 9.17) is 0 Å². The summed E-state index contributed by atoms with van der Waals surface area (Å²) in [7, 11) is 0. The number of unbranched alkanes of at least 4 members (excludes halogenated alkanes) is 4. The minimum atomic E-state index is 0.781. The van der Waals surface area contributed by atoms with E-state index in [9.17, 15) is 0 Å². The number of hydrogen-bond acceptors (Lipinski definition) is 0. The maximum Gasteiger partial charge on any atom is -0.0162 e. The van der Waals surface area contributed by atoms with Gasteiger partial charge in [0.15, 0.2) is 0 Å². The van der Waals surface area contributed by atoms with Crippen molar-refractivity contribution < 1.29 is 0 Å². The van der Waals surface area contributed by atoms with Crippen molar-refractivity contribution >= 4 is 0 Å². The summed E-state index contributed by atoms with van der Waals surface area (Å²) < 4.78 is 0. The fourth-order valence-electron chi connectivity index (χ4n) is 3.80. The Labute approximate surface area is 152 Å². The summed E-state index contributed by atoms with van der Waals surface area (Å²) in [6, 6.07) is 9.82. The standard InChI is InChI=1S/C24H42/c1-5-9-13-21(14-10-6-2)23-17-19-24(20-18-23)22(15-11-7-3)16-12-8-4/h17-22H,5-16H2,1-4H3. The zero-order chi connectivity index (χ0) is 17.6. The highest BCUT2D eigenvalue weighted by molar-refractivity contribution is 5.28. The van der Waals surface area contributed by atoms with Crippen molar-refractivity contribution in [3.05, 3.63) is 35.4 Å². The number of benzene rings is 1. The van der Waals surface area contributed by atoms with E-state index in [1.54, 1.807) is 11.1 Å². The zero-order valence-corrected chi connectivity index (χ0v) is 16.9. The largest absolute Gasteiger partial charge is 0.0654 e. The van der Waals surface area contributed by atoms with E-state index in [0.29, 0.717) is 0 Å². The molecule has 1 rings (SSSR count). The van der Waals surface area contributed by atoms with Crippen LogP contribution in [0.2, 0.25) is 0 Å².